The minimum atomic E-state index is 0.389. The molecule has 1 aliphatic rings. The minimum absolute atomic E-state index is 0.389. The normalized spacial score (nSPS) is 20.1. The number of hydrogen-bond donors (Lipinski definition) is 0. The van der Waals surface area contributed by atoms with Gasteiger partial charge in [0, 0.05) is 25.9 Å². The van der Waals surface area contributed by atoms with Crippen molar-refractivity contribution in [3.63, 3.8) is 0 Å². The zero-order chi connectivity index (χ0) is 15.5. The number of piperidine rings is 1. The van der Waals surface area contributed by atoms with E-state index in [1.807, 2.05) is 12.3 Å². The van der Waals surface area contributed by atoms with Crippen LogP contribution in [0, 0.1) is 0 Å². The number of rotatable bonds is 5. The Morgan fingerprint density at radius 2 is 2.23 bits per heavy atom. The molecular formula is C17H26N4O. The smallest absolute Gasteiger partial charge is 0.160 e. The van der Waals surface area contributed by atoms with Gasteiger partial charge in [0.25, 0.3) is 0 Å². The van der Waals surface area contributed by atoms with Crippen molar-refractivity contribution in [3.8, 4) is 0 Å². The van der Waals surface area contributed by atoms with Crippen LogP contribution in [0.25, 0.3) is 11.2 Å². The number of methoxy groups -OCH3 is 1. The summed E-state index contributed by atoms with van der Waals surface area (Å²) in [6.45, 7) is 7.20. The van der Waals surface area contributed by atoms with Crippen molar-refractivity contribution in [2.45, 2.75) is 51.7 Å². The maximum Gasteiger partial charge on any atom is 0.160 e. The lowest BCUT2D eigenvalue weighted by Crippen LogP contribution is -2.39. The minimum Gasteiger partial charge on any atom is -0.383 e. The van der Waals surface area contributed by atoms with Crippen molar-refractivity contribution in [3.05, 3.63) is 24.2 Å². The van der Waals surface area contributed by atoms with Crippen LogP contribution >= 0.6 is 0 Å². The molecule has 0 spiro atoms. The summed E-state index contributed by atoms with van der Waals surface area (Å²) in [6.07, 6.45) is 5.58. The Morgan fingerprint density at radius 3 is 3.00 bits per heavy atom. The van der Waals surface area contributed by atoms with Gasteiger partial charge in [-0.05, 0) is 45.4 Å². The molecule has 2 aromatic heterocycles. The van der Waals surface area contributed by atoms with Crippen molar-refractivity contribution < 1.29 is 4.74 Å². The maximum absolute atomic E-state index is 5.29. The molecule has 1 atom stereocenters. The van der Waals surface area contributed by atoms with Gasteiger partial charge >= 0.3 is 0 Å². The molecule has 120 valence electrons. The number of pyridine rings is 1. The summed E-state index contributed by atoms with van der Waals surface area (Å²) in [5.41, 5.74) is 1.96. The standard InChI is InChI=1S/C17H26N4O/c1-13(2)20-10-5-4-8-15(20)17-19-14-7-6-9-18-16(14)21(17)11-12-22-3/h6-7,9,13,15H,4-5,8,10-12H2,1-3H3. The van der Waals surface area contributed by atoms with Crippen LogP contribution in [0.4, 0.5) is 0 Å². The molecule has 0 amide bonds. The predicted octanol–water partition coefficient (Wildman–Crippen LogP) is 3.01. The Balaban J connectivity index is 2.03. The average Bonchev–Trinajstić information content (AvgIpc) is 2.91. The first-order chi connectivity index (χ1) is 10.7. The van der Waals surface area contributed by atoms with Gasteiger partial charge < -0.3 is 9.30 Å². The highest BCUT2D eigenvalue weighted by atomic mass is 16.5. The Labute approximate surface area is 132 Å². The number of ether oxygens (including phenoxy) is 1. The second-order valence-electron chi connectivity index (χ2n) is 6.30. The van der Waals surface area contributed by atoms with Gasteiger partial charge in [-0.15, -0.1) is 0 Å². The summed E-state index contributed by atoms with van der Waals surface area (Å²) in [4.78, 5) is 12.0. The van der Waals surface area contributed by atoms with E-state index in [0.717, 1.165) is 30.1 Å². The third-order valence-corrected chi connectivity index (χ3v) is 4.56. The van der Waals surface area contributed by atoms with Crippen LogP contribution in [0.3, 0.4) is 0 Å². The van der Waals surface area contributed by atoms with Crippen LogP contribution in [0.1, 0.15) is 45.0 Å². The topological polar surface area (TPSA) is 43.2 Å². The van der Waals surface area contributed by atoms with Crippen molar-refractivity contribution in [1.82, 2.24) is 19.4 Å². The van der Waals surface area contributed by atoms with Crippen LogP contribution in [0.5, 0.6) is 0 Å². The van der Waals surface area contributed by atoms with Crippen LogP contribution in [0.2, 0.25) is 0 Å². The van der Waals surface area contributed by atoms with E-state index >= 15 is 0 Å². The largest absolute Gasteiger partial charge is 0.383 e. The van der Waals surface area contributed by atoms with Crippen molar-refractivity contribution in [2.24, 2.45) is 0 Å². The van der Waals surface area contributed by atoms with E-state index in [9.17, 15) is 0 Å². The Bertz CT molecular complexity index is 622. The van der Waals surface area contributed by atoms with E-state index in [4.69, 9.17) is 9.72 Å². The summed E-state index contributed by atoms with van der Waals surface area (Å²) in [5, 5.41) is 0. The first-order valence-electron chi connectivity index (χ1n) is 8.28. The van der Waals surface area contributed by atoms with E-state index < -0.39 is 0 Å². The molecule has 22 heavy (non-hydrogen) atoms. The maximum atomic E-state index is 5.29. The highest BCUT2D eigenvalue weighted by molar-refractivity contribution is 5.71. The predicted molar refractivity (Wildman–Crippen MR) is 87.8 cm³/mol. The fourth-order valence-electron chi connectivity index (χ4n) is 3.48. The van der Waals surface area contributed by atoms with Gasteiger partial charge in [0.15, 0.2) is 5.65 Å². The van der Waals surface area contributed by atoms with Gasteiger partial charge in [-0.2, -0.15) is 0 Å². The van der Waals surface area contributed by atoms with Crippen molar-refractivity contribution >= 4 is 11.2 Å². The molecule has 0 radical (unpaired) electrons. The molecule has 5 heteroatoms. The zero-order valence-electron chi connectivity index (χ0n) is 13.8. The lowest BCUT2D eigenvalue weighted by molar-refractivity contribution is 0.102. The van der Waals surface area contributed by atoms with Gasteiger partial charge in [-0.3, -0.25) is 4.90 Å². The number of imidazole rings is 1. The molecule has 0 aromatic carbocycles. The molecule has 0 N–H and O–H groups in total. The van der Waals surface area contributed by atoms with E-state index in [1.165, 1.54) is 19.3 Å². The molecule has 0 bridgehead atoms. The molecule has 1 aliphatic heterocycles. The number of hydrogen-bond acceptors (Lipinski definition) is 4. The van der Waals surface area contributed by atoms with E-state index in [0.29, 0.717) is 18.7 Å². The zero-order valence-corrected chi connectivity index (χ0v) is 13.8. The third-order valence-electron chi connectivity index (χ3n) is 4.56. The van der Waals surface area contributed by atoms with Gasteiger partial charge in [-0.1, -0.05) is 6.42 Å². The fourth-order valence-corrected chi connectivity index (χ4v) is 3.48. The SMILES string of the molecule is COCCn1c(C2CCCCN2C(C)C)nc2cccnc21. The molecule has 0 saturated carbocycles. The third kappa shape index (κ3) is 2.88. The second kappa shape index (κ2) is 6.75. The highest BCUT2D eigenvalue weighted by Crippen LogP contribution is 2.33. The number of aromatic nitrogens is 3. The van der Waals surface area contributed by atoms with Gasteiger partial charge in [0.05, 0.1) is 12.6 Å². The summed E-state index contributed by atoms with van der Waals surface area (Å²) >= 11 is 0. The van der Waals surface area contributed by atoms with Gasteiger partial charge in [0.1, 0.15) is 11.3 Å². The van der Waals surface area contributed by atoms with Crippen LogP contribution < -0.4 is 0 Å². The van der Waals surface area contributed by atoms with E-state index in [2.05, 4.69) is 34.4 Å². The lowest BCUT2D eigenvalue weighted by atomic mass is 9.99. The van der Waals surface area contributed by atoms with E-state index in [-0.39, 0.29) is 0 Å². The first-order valence-corrected chi connectivity index (χ1v) is 8.28. The average molecular weight is 302 g/mol. The number of likely N-dealkylation sites (tertiary alicyclic amines) is 1. The molecule has 3 rings (SSSR count). The molecule has 0 aliphatic carbocycles. The lowest BCUT2D eigenvalue weighted by Gasteiger charge is -2.38. The highest BCUT2D eigenvalue weighted by Gasteiger charge is 2.30. The molecule has 1 unspecified atom stereocenters. The molecule has 1 saturated heterocycles. The van der Waals surface area contributed by atoms with Crippen LogP contribution in [-0.4, -0.2) is 45.7 Å². The monoisotopic (exact) mass is 302 g/mol. The molecule has 1 fully saturated rings. The molecule has 5 nitrogen and oxygen atoms in total. The summed E-state index contributed by atoms with van der Waals surface area (Å²) in [7, 11) is 1.74. The second-order valence-corrected chi connectivity index (χ2v) is 6.30. The Hall–Kier alpha value is -1.46. The van der Waals surface area contributed by atoms with Gasteiger partial charge in [-0.25, -0.2) is 9.97 Å². The number of fused-ring (bicyclic) bond motifs is 1. The van der Waals surface area contributed by atoms with Crippen molar-refractivity contribution in [1.29, 1.82) is 0 Å². The van der Waals surface area contributed by atoms with Gasteiger partial charge in [0.2, 0.25) is 0 Å². The van der Waals surface area contributed by atoms with Crippen molar-refractivity contribution in [2.75, 3.05) is 20.3 Å². The summed E-state index contributed by atoms with van der Waals surface area (Å²) in [5.74, 6) is 1.15. The Morgan fingerprint density at radius 1 is 1.36 bits per heavy atom. The quantitative estimate of drug-likeness (QED) is 0.851. The first kappa shape index (κ1) is 15.4. The number of nitrogens with zero attached hydrogens (tertiary/aromatic N) is 4. The fraction of sp³-hybridized carbons (Fsp3) is 0.647. The molecule has 2 aromatic rings. The summed E-state index contributed by atoms with van der Waals surface area (Å²) < 4.78 is 7.54. The molecule has 3 heterocycles. The summed E-state index contributed by atoms with van der Waals surface area (Å²) in [6, 6.07) is 4.94. The molecular weight excluding hydrogens is 276 g/mol. The Kier molecular flexibility index (Phi) is 4.74. The van der Waals surface area contributed by atoms with Crippen LogP contribution in [-0.2, 0) is 11.3 Å². The van der Waals surface area contributed by atoms with Crippen LogP contribution in [0.15, 0.2) is 18.3 Å². The van der Waals surface area contributed by atoms with E-state index in [1.54, 1.807) is 7.11 Å².